The first kappa shape index (κ1) is 11.5. The Bertz CT molecular complexity index is 286. The molecular weight excluding hydrogens is 198 g/mol. The molecule has 6 nitrogen and oxygen atoms in total. The van der Waals surface area contributed by atoms with E-state index in [2.05, 4.69) is 5.32 Å². The third-order valence-electron chi connectivity index (χ3n) is 2.29. The monoisotopic (exact) mass is 213 g/mol. The van der Waals surface area contributed by atoms with E-state index < -0.39 is 17.9 Å². The van der Waals surface area contributed by atoms with E-state index >= 15 is 0 Å². The summed E-state index contributed by atoms with van der Waals surface area (Å²) in [6.07, 6.45) is 1.92. The van der Waals surface area contributed by atoms with E-state index in [4.69, 9.17) is 11.5 Å². The number of carbonyl (C=O) groups excluding carboxylic acids is 3. The molecule has 84 valence electrons. The van der Waals surface area contributed by atoms with Gasteiger partial charge in [-0.25, -0.2) is 0 Å². The van der Waals surface area contributed by atoms with Crippen molar-refractivity contribution in [2.24, 2.45) is 17.4 Å². The van der Waals surface area contributed by atoms with E-state index in [1.807, 2.05) is 0 Å². The predicted molar refractivity (Wildman–Crippen MR) is 52.3 cm³/mol. The highest BCUT2D eigenvalue weighted by molar-refractivity contribution is 5.88. The highest BCUT2D eigenvalue weighted by Gasteiger charge is 2.31. The van der Waals surface area contributed by atoms with Crippen molar-refractivity contribution in [1.82, 2.24) is 5.32 Å². The number of nitrogens with two attached hydrogens (primary N) is 2. The quantitative estimate of drug-likeness (QED) is 0.505. The van der Waals surface area contributed by atoms with Gasteiger partial charge < -0.3 is 16.8 Å². The number of hydrogen-bond acceptors (Lipinski definition) is 3. The molecule has 1 unspecified atom stereocenters. The molecule has 1 rings (SSSR count). The second-order valence-corrected chi connectivity index (χ2v) is 3.74. The van der Waals surface area contributed by atoms with Gasteiger partial charge in [0, 0.05) is 12.3 Å². The third-order valence-corrected chi connectivity index (χ3v) is 2.29. The molecule has 0 spiro atoms. The van der Waals surface area contributed by atoms with Crippen LogP contribution in [-0.2, 0) is 14.4 Å². The largest absolute Gasteiger partial charge is 0.370 e. The molecule has 1 aliphatic carbocycles. The summed E-state index contributed by atoms with van der Waals surface area (Å²) < 4.78 is 0. The molecule has 1 fully saturated rings. The fourth-order valence-electron chi connectivity index (χ4n) is 1.21. The van der Waals surface area contributed by atoms with Gasteiger partial charge in [-0.2, -0.15) is 0 Å². The maximum atomic E-state index is 11.3. The minimum Gasteiger partial charge on any atom is -0.370 e. The van der Waals surface area contributed by atoms with Gasteiger partial charge in [-0.05, 0) is 19.3 Å². The van der Waals surface area contributed by atoms with Gasteiger partial charge in [-0.1, -0.05) is 0 Å². The molecule has 0 aliphatic heterocycles. The van der Waals surface area contributed by atoms with Crippen LogP contribution >= 0.6 is 0 Å². The molecule has 0 bridgehead atoms. The summed E-state index contributed by atoms with van der Waals surface area (Å²) in [6, 6.07) is -0.786. The molecule has 3 amide bonds. The van der Waals surface area contributed by atoms with Crippen molar-refractivity contribution in [3.05, 3.63) is 0 Å². The normalized spacial score (nSPS) is 16.8. The molecule has 0 radical (unpaired) electrons. The maximum Gasteiger partial charge on any atom is 0.240 e. The minimum absolute atomic E-state index is 0.0143. The van der Waals surface area contributed by atoms with Crippen molar-refractivity contribution >= 4 is 17.7 Å². The van der Waals surface area contributed by atoms with Gasteiger partial charge in [-0.15, -0.1) is 0 Å². The number of hydrogen-bond donors (Lipinski definition) is 3. The Morgan fingerprint density at radius 2 is 1.87 bits per heavy atom. The number of nitrogens with one attached hydrogen (secondary N) is 1. The standard InChI is InChI=1S/C9H15N3O3/c10-7(13)4-3-6(8(11)14)12-9(15)5-1-2-5/h5-6H,1-4H2,(H2,10,13)(H2,11,14)(H,12,15). The minimum atomic E-state index is -0.786. The Morgan fingerprint density at radius 1 is 1.27 bits per heavy atom. The molecule has 0 heterocycles. The van der Waals surface area contributed by atoms with Gasteiger partial charge in [0.2, 0.25) is 17.7 Å². The molecule has 1 saturated carbocycles. The average Bonchev–Trinajstić information content (AvgIpc) is 2.93. The number of primary amides is 2. The van der Waals surface area contributed by atoms with Crippen molar-refractivity contribution in [3.8, 4) is 0 Å². The zero-order valence-electron chi connectivity index (χ0n) is 8.36. The Labute approximate surface area is 87.4 Å². The zero-order chi connectivity index (χ0) is 11.4. The van der Waals surface area contributed by atoms with Crippen molar-refractivity contribution in [1.29, 1.82) is 0 Å². The van der Waals surface area contributed by atoms with Crippen LogP contribution in [0.3, 0.4) is 0 Å². The lowest BCUT2D eigenvalue weighted by Crippen LogP contribution is -2.45. The number of amides is 3. The van der Waals surface area contributed by atoms with Crippen LogP contribution in [0.4, 0.5) is 0 Å². The lowest BCUT2D eigenvalue weighted by Gasteiger charge is -2.14. The van der Waals surface area contributed by atoms with E-state index in [0.29, 0.717) is 0 Å². The van der Waals surface area contributed by atoms with Gasteiger partial charge in [0.05, 0.1) is 0 Å². The Hall–Kier alpha value is -1.59. The third kappa shape index (κ3) is 3.97. The second-order valence-electron chi connectivity index (χ2n) is 3.74. The average molecular weight is 213 g/mol. The fraction of sp³-hybridized carbons (Fsp3) is 0.667. The van der Waals surface area contributed by atoms with Crippen LogP contribution in [0.5, 0.6) is 0 Å². The molecule has 0 aromatic carbocycles. The van der Waals surface area contributed by atoms with Gasteiger partial charge in [-0.3, -0.25) is 14.4 Å². The second kappa shape index (κ2) is 4.77. The summed E-state index contributed by atoms with van der Waals surface area (Å²) in [4.78, 5) is 32.8. The number of rotatable bonds is 6. The smallest absolute Gasteiger partial charge is 0.240 e. The van der Waals surface area contributed by atoms with Gasteiger partial charge >= 0.3 is 0 Å². The first-order valence-electron chi connectivity index (χ1n) is 4.88. The van der Waals surface area contributed by atoms with Crippen LogP contribution in [0.15, 0.2) is 0 Å². The Morgan fingerprint density at radius 3 is 2.27 bits per heavy atom. The summed E-state index contributed by atoms with van der Waals surface area (Å²) in [5.41, 5.74) is 10.0. The molecule has 1 atom stereocenters. The highest BCUT2D eigenvalue weighted by Crippen LogP contribution is 2.28. The molecule has 1 aliphatic rings. The predicted octanol–water partition coefficient (Wildman–Crippen LogP) is -1.37. The van der Waals surface area contributed by atoms with Crippen LogP contribution in [0.1, 0.15) is 25.7 Å². The molecule has 15 heavy (non-hydrogen) atoms. The molecule has 5 N–H and O–H groups in total. The van der Waals surface area contributed by atoms with Crippen molar-refractivity contribution in [2.45, 2.75) is 31.7 Å². The van der Waals surface area contributed by atoms with E-state index in [1.165, 1.54) is 0 Å². The van der Waals surface area contributed by atoms with Crippen molar-refractivity contribution in [3.63, 3.8) is 0 Å². The van der Waals surface area contributed by atoms with Crippen LogP contribution in [0.2, 0.25) is 0 Å². The van der Waals surface area contributed by atoms with Crippen LogP contribution in [-0.4, -0.2) is 23.8 Å². The number of carbonyl (C=O) groups is 3. The first-order valence-corrected chi connectivity index (χ1v) is 4.88. The first-order chi connectivity index (χ1) is 7.00. The molecular formula is C9H15N3O3. The SMILES string of the molecule is NC(=O)CCC(NC(=O)C1CC1)C(N)=O. The van der Waals surface area contributed by atoms with E-state index in [1.54, 1.807) is 0 Å². The summed E-state index contributed by atoms with van der Waals surface area (Å²) in [5.74, 6) is -1.30. The maximum absolute atomic E-state index is 11.3. The molecule has 0 saturated heterocycles. The lowest BCUT2D eigenvalue weighted by atomic mass is 10.1. The highest BCUT2D eigenvalue weighted by atomic mass is 16.2. The van der Waals surface area contributed by atoms with E-state index in [-0.39, 0.29) is 24.7 Å². The molecule has 6 heteroatoms. The van der Waals surface area contributed by atoms with E-state index in [9.17, 15) is 14.4 Å². The Balaban J connectivity index is 2.38. The summed E-state index contributed by atoms with van der Waals surface area (Å²) in [6.45, 7) is 0. The van der Waals surface area contributed by atoms with Gasteiger partial charge in [0.15, 0.2) is 0 Å². The van der Waals surface area contributed by atoms with Gasteiger partial charge in [0.25, 0.3) is 0 Å². The summed E-state index contributed by atoms with van der Waals surface area (Å²) in [7, 11) is 0. The van der Waals surface area contributed by atoms with Crippen LogP contribution < -0.4 is 16.8 Å². The van der Waals surface area contributed by atoms with Crippen LogP contribution in [0, 0.1) is 5.92 Å². The molecule has 0 aromatic heterocycles. The summed E-state index contributed by atoms with van der Waals surface area (Å²) in [5, 5.41) is 2.51. The lowest BCUT2D eigenvalue weighted by molar-refractivity contribution is -0.128. The molecule has 0 aromatic rings. The van der Waals surface area contributed by atoms with E-state index in [0.717, 1.165) is 12.8 Å². The topological polar surface area (TPSA) is 115 Å². The van der Waals surface area contributed by atoms with Crippen molar-refractivity contribution in [2.75, 3.05) is 0 Å². The van der Waals surface area contributed by atoms with Crippen LogP contribution in [0.25, 0.3) is 0 Å². The Kier molecular flexibility index (Phi) is 3.65. The van der Waals surface area contributed by atoms with Crippen molar-refractivity contribution < 1.29 is 14.4 Å². The zero-order valence-corrected chi connectivity index (χ0v) is 8.36. The summed E-state index contributed by atoms with van der Waals surface area (Å²) >= 11 is 0. The van der Waals surface area contributed by atoms with Gasteiger partial charge in [0.1, 0.15) is 6.04 Å². The fourth-order valence-corrected chi connectivity index (χ4v) is 1.21.